The van der Waals surface area contributed by atoms with Crippen LogP contribution in [0.5, 0.6) is 0 Å². The first-order chi connectivity index (χ1) is 14.5. The molecule has 3 aromatic rings. The minimum Gasteiger partial charge on any atom is -0.442 e. The number of fused-ring (bicyclic) bond motifs is 3. The summed E-state index contributed by atoms with van der Waals surface area (Å²) < 4.78 is 7.02. The van der Waals surface area contributed by atoms with E-state index in [1.165, 1.54) is 6.92 Å². The van der Waals surface area contributed by atoms with Crippen LogP contribution < -0.4 is 10.2 Å². The second kappa shape index (κ2) is 6.90. The smallest absolute Gasteiger partial charge is 0.415 e. The molecule has 30 heavy (non-hydrogen) atoms. The van der Waals surface area contributed by atoms with Crippen LogP contribution in [0.1, 0.15) is 18.3 Å². The van der Waals surface area contributed by atoms with Crippen molar-refractivity contribution in [1.29, 1.82) is 0 Å². The Hall–Kier alpha value is -3.82. The number of aromatic nitrogens is 5. The first-order valence-corrected chi connectivity index (χ1v) is 9.60. The highest BCUT2D eigenvalue weighted by atomic mass is 16.6. The van der Waals surface area contributed by atoms with Gasteiger partial charge in [0.1, 0.15) is 6.10 Å². The van der Waals surface area contributed by atoms with Crippen molar-refractivity contribution in [2.45, 2.75) is 32.4 Å². The van der Waals surface area contributed by atoms with Crippen LogP contribution in [-0.2, 0) is 16.0 Å². The van der Waals surface area contributed by atoms with Crippen molar-refractivity contribution >= 4 is 17.7 Å². The highest BCUT2D eigenvalue weighted by Crippen LogP contribution is 2.40. The molecule has 2 aliphatic heterocycles. The van der Waals surface area contributed by atoms with E-state index in [0.29, 0.717) is 24.6 Å². The van der Waals surface area contributed by atoms with Gasteiger partial charge in [-0.3, -0.25) is 9.69 Å². The van der Waals surface area contributed by atoms with Crippen molar-refractivity contribution < 1.29 is 14.3 Å². The fourth-order valence-corrected chi connectivity index (χ4v) is 4.00. The van der Waals surface area contributed by atoms with Crippen LogP contribution in [0.25, 0.3) is 16.9 Å². The van der Waals surface area contributed by atoms with Crippen molar-refractivity contribution in [2.75, 3.05) is 11.4 Å². The summed E-state index contributed by atoms with van der Waals surface area (Å²) in [5.41, 5.74) is 3.89. The van der Waals surface area contributed by atoms with Gasteiger partial charge in [0.2, 0.25) is 5.91 Å². The number of hydrogen-bond donors (Lipinski definition) is 1. The maximum atomic E-state index is 12.4. The number of benzene rings is 1. The van der Waals surface area contributed by atoms with Gasteiger partial charge in [0, 0.05) is 18.7 Å². The molecule has 0 saturated carbocycles. The first-order valence-electron chi connectivity index (χ1n) is 9.60. The molecule has 1 fully saturated rings. The fourth-order valence-electron chi connectivity index (χ4n) is 4.00. The minimum atomic E-state index is -0.371. The summed E-state index contributed by atoms with van der Waals surface area (Å²) in [5, 5.41) is 14.2. The Bertz CT molecular complexity index is 1140. The Morgan fingerprint density at radius 1 is 1.27 bits per heavy atom. The second-order valence-corrected chi connectivity index (χ2v) is 7.39. The van der Waals surface area contributed by atoms with E-state index in [9.17, 15) is 9.59 Å². The van der Waals surface area contributed by atoms with E-state index < -0.39 is 0 Å². The lowest BCUT2D eigenvalue weighted by molar-refractivity contribution is -0.119. The van der Waals surface area contributed by atoms with E-state index in [1.54, 1.807) is 15.8 Å². The Morgan fingerprint density at radius 2 is 2.10 bits per heavy atom. The van der Waals surface area contributed by atoms with Gasteiger partial charge >= 0.3 is 6.09 Å². The van der Waals surface area contributed by atoms with Crippen molar-refractivity contribution in [2.24, 2.45) is 0 Å². The highest BCUT2D eigenvalue weighted by Gasteiger charge is 2.47. The standard InChI is InChI=1S/C20H19N7O3/c1-11-23-24-25-27(11)19-6-4-14(9-22-19)13-3-5-16-15(7-13)8-17-18(10-21-12(2)28)30-20(29)26(16)17/h3-7,9,17-18H,8,10H2,1-2H3,(H,21,28)/t17-,18-/m0/s1. The molecule has 0 radical (unpaired) electrons. The van der Waals surface area contributed by atoms with Crippen LogP contribution in [0.2, 0.25) is 0 Å². The van der Waals surface area contributed by atoms with Crippen molar-refractivity contribution in [1.82, 2.24) is 30.5 Å². The predicted octanol–water partition coefficient (Wildman–Crippen LogP) is 1.42. The van der Waals surface area contributed by atoms with Gasteiger partial charge in [0.25, 0.3) is 0 Å². The van der Waals surface area contributed by atoms with Gasteiger partial charge in [-0.05, 0) is 59.2 Å². The molecule has 10 nitrogen and oxygen atoms in total. The zero-order chi connectivity index (χ0) is 20.8. The number of anilines is 1. The number of nitrogens with one attached hydrogen (secondary N) is 1. The number of rotatable bonds is 4. The van der Waals surface area contributed by atoms with Crippen LogP contribution in [0.15, 0.2) is 36.5 Å². The van der Waals surface area contributed by atoms with E-state index >= 15 is 0 Å². The third-order valence-electron chi connectivity index (χ3n) is 5.45. The molecule has 2 amide bonds. The summed E-state index contributed by atoms with van der Waals surface area (Å²) in [6, 6.07) is 9.70. The van der Waals surface area contributed by atoms with Crippen LogP contribution >= 0.6 is 0 Å². The van der Waals surface area contributed by atoms with Crippen molar-refractivity contribution in [3.05, 3.63) is 47.9 Å². The Morgan fingerprint density at radius 3 is 2.80 bits per heavy atom. The fraction of sp³-hybridized carbons (Fsp3) is 0.300. The molecule has 0 bridgehead atoms. The van der Waals surface area contributed by atoms with E-state index in [1.807, 2.05) is 31.2 Å². The molecule has 5 rings (SSSR count). The maximum absolute atomic E-state index is 12.4. The summed E-state index contributed by atoms with van der Waals surface area (Å²) in [5.74, 6) is 1.16. The molecule has 1 N–H and O–H groups in total. The number of pyridine rings is 1. The summed E-state index contributed by atoms with van der Waals surface area (Å²) in [7, 11) is 0. The van der Waals surface area contributed by atoms with E-state index in [2.05, 4.69) is 31.9 Å². The minimum absolute atomic E-state index is 0.113. The van der Waals surface area contributed by atoms with Crippen LogP contribution in [-0.4, -0.2) is 55.9 Å². The van der Waals surface area contributed by atoms with Gasteiger partial charge in [-0.2, -0.15) is 4.68 Å². The summed E-state index contributed by atoms with van der Waals surface area (Å²) in [6.45, 7) is 3.57. The van der Waals surface area contributed by atoms with Gasteiger partial charge in [-0.1, -0.05) is 6.07 Å². The molecule has 2 atom stereocenters. The highest BCUT2D eigenvalue weighted by molar-refractivity contribution is 5.94. The molecule has 2 aliphatic rings. The summed E-state index contributed by atoms with van der Waals surface area (Å²) >= 11 is 0. The molecule has 0 unspecified atom stereocenters. The van der Waals surface area contributed by atoms with Gasteiger partial charge in [0.15, 0.2) is 11.6 Å². The number of hydrogen-bond acceptors (Lipinski definition) is 7. The summed E-state index contributed by atoms with van der Waals surface area (Å²) in [6.07, 6.45) is 1.72. The number of tetrazole rings is 1. The predicted molar refractivity (Wildman–Crippen MR) is 106 cm³/mol. The molecule has 1 aromatic carbocycles. The zero-order valence-electron chi connectivity index (χ0n) is 16.4. The number of carbonyl (C=O) groups is 2. The molecule has 2 aromatic heterocycles. The Balaban J connectivity index is 1.39. The van der Waals surface area contributed by atoms with E-state index in [-0.39, 0.29) is 24.1 Å². The topological polar surface area (TPSA) is 115 Å². The van der Waals surface area contributed by atoms with Crippen molar-refractivity contribution in [3.8, 4) is 16.9 Å². The monoisotopic (exact) mass is 405 g/mol. The van der Waals surface area contributed by atoms with Crippen LogP contribution in [0.3, 0.4) is 0 Å². The average Bonchev–Trinajstić information content (AvgIpc) is 3.41. The number of amides is 2. The van der Waals surface area contributed by atoms with Gasteiger partial charge < -0.3 is 10.1 Å². The lowest BCUT2D eigenvalue weighted by Gasteiger charge is -2.16. The lowest BCUT2D eigenvalue weighted by atomic mass is 10.0. The average molecular weight is 405 g/mol. The lowest BCUT2D eigenvalue weighted by Crippen LogP contribution is -2.40. The maximum Gasteiger partial charge on any atom is 0.415 e. The second-order valence-electron chi connectivity index (χ2n) is 7.39. The molecule has 1 saturated heterocycles. The number of cyclic esters (lactones) is 1. The molecule has 0 aliphatic carbocycles. The first kappa shape index (κ1) is 18.2. The number of ether oxygens (including phenoxy) is 1. The molecule has 10 heteroatoms. The molecule has 4 heterocycles. The van der Waals surface area contributed by atoms with Crippen LogP contribution in [0.4, 0.5) is 10.5 Å². The molecular weight excluding hydrogens is 386 g/mol. The van der Waals surface area contributed by atoms with Crippen LogP contribution in [0, 0.1) is 6.92 Å². The molecule has 0 spiro atoms. The third kappa shape index (κ3) is 2.97. The zero-order valence-corrected chi connectivity index (χ0v) is 16.4. The van der Waals surface area contributed by atoms with Gasteiger partial charge in [-0.15, -0.1) is 5.10 Å². The number of nitrogens with zero attached hydrogens (tertiary/aromatic N) is 6. The van der Waals surface area contributed by atoms with E-state index in [4.69, 9.17) is 4.74 Å². The largest absolute Gasteiger partial charge is 0.442 e. The third-order valence-corrected chi connectivity index (χ3v) is 5.45. The molecular formula is C20H19N7O3. The Kier molecular flexibility index (Phi) is 4.19. The number of aryl methyl sites for hydroxylation is 1. The van der Waals surface area contributed by atoms with Crippen molar-refractivity contribution in [3.63, 3.8) is 0 Å². The van der Waals surface area contributed by atoms with E-state index in [0.717, 1.165) is 22.4 Å². The summed E-state index contributed by atoms with van der Waals surface area (Å²) in [4.78, 5) is 29.8. The normalized spacial score (nSPS) is 19.4. The quantitative estimate of drug-likeness (QED) is 0.698. The van der Waals surface area contributed by atoms with Gasteiger partial charge in [0.05, 0.1) is 18.3 Å². The Labute approximate surface area is 171 Å². The molecule has 152 valence electrons. The number of carbonyl (C=O) groups excluding carboxylic acids is 2. The van der Waals surface area contributed by atoms with Gasteiger partial charge in [-0.25, -0.2) is 9.78 Å². The SMILES string of the molecule is CC(=O)NC[C@@H]1OC(=O)N2c3ccc(-c4ccc(-n5nnnc5C)nc4)cc3C[C@@H]12.